The number of aliphatic hydroxyl groups excluding tert-OH is 1. The summed E-state index contributed by atoms with van der Waals surface area (Å²) in [7, 11) is 0. The number of cyclic esters (lactones) is 1. The van der Waals surface area contributed by atoms with Gasteiger partial charge in [-0.05, 0) is 6.92 Å². The first-order chi connectivity index (χ1) is 4.24. The molecule has 1 heterocycles. The van der Waals surface area contributed by atoms with Crippen LogP contribution in [0.4, 0.5) is 0 Å². The lowest BCUT2D eigenvalue weighted by molar-refractivity contribution is -0.140. The van der Waals surface area contributed by atoms with Gasteiger partial charge in [-0.25, -0.2) is 0 Å². The molecular formula is C6H10O3. The standard InChI is InChI=1S/C6H10O3/c1-4-5(3-7)2-6(8)9-4/h4-5,7H,2-3H2,1H3/t4-,5-/m1/s1. The molecule has 0 spiro atoms. The molecule has 1 N–H and O–H groups in total. The lowest BCUT2D eigenvalue weighted by atomic mass is 10.0. The van der Waals surface area contributed by atoms with Crippen LogP contribution >= 0.6 is 0 Å². The van der Waals surface area contributed by atoms with E-state index in [4.69, 9.17) is 9.84 Å². The molecule has 0 aromatic heterocycles. The van der Waals surface area contributed by atoms with Crippen LogP contribution in [0.1, 0.15) is 13.3 Å². The number of carbonyl (C=O) groups excluding carboxylic acids is 1. The van der Waals surface area contributed by atoms with Crippen molar-refractivity contribution in [2.24, 2.45) is 5.92 Å². The monoisotopic (exact) mass is 130 g/mol. The third-order valence-electron chi connectivity index (χ3n) is 1.64. The zero-order valence-corrected chi connectivity index (χ0v) is 5.33. The number of aliphatic hydroxyl groups is 1. The number of rotatable bonds is 1. The van der Waals surface area contributed by atoms with Crippen LogP contribution in [0.25, 0.3) is 0 Å². The van der Waals surface area contributed by atoms with Crippen LogP contribution in [-0.2, 0) is 9.53 Å². The summed E-state index contributed by atoms with van der Waals surface area (Å²) >= 11 is 0. The first kappa shape index (κ1) is 6.55. The van der Waals surface area contributed by atoms with Gasteiger partial charge in [0.25, 0.3) is 0 Å². The molecule has 1 saturated heterocycles. The van der Waals surface area contributed by atoms with Crippen LogP contribution in [0.2, 0.25) is 0 Å². The van der Waals surface area contributed by atoms with Gasteiger partial charge in [0.05, 0.1) is 6.42 Å². The van der Waals surface area contributed by atoms with Gasteiger partial charge in [-0.3, -0.25) is 4.79 Å². The zero-order valence-electron chi connectivity index (χ0n) is 5.33. The SMILES string of the molecule is C[C@H]1OC(=O)C[C@@H]1CO. The normalized spacial score (nSPS) is 34.7. The van der Waals surface area contributed by atoms with Crippen molar-refractivity contribution in [2.45, 2.75) is 19.4 Å². The largest absolute Gasteiger partial charge is 0.462 e. The first-order valence-corrected chi connectivity index (χ1v) is 3.04. The van der Waals surface area contributed by atoms with E-state index in [2.05, 4.69) is 0 Å². The Balaban J connectivity index is 2.47. The van der Waals surface area contributed by atoms with E-state index in [1.165, 1.54) is 0 Å². The van der Waals surface area contributed by atoms with Crippen molar-refractivity contribution in [1.82, 2.24) is 0 Å². The van der Waals surface area contributed by atoms with Gasteiger partial charge in [-0.15, -0.1) is 0 Å². The molecule has 0 radical (unpaired) electrons. The van der Waals surface area contributed by atoms with Crippen LogP contribution in [0.15, 0.2) is 0 Å². The van der Waals surface area contributed by atoms with Crippen molar-refractivity contribution in [3.05, 3.63) is 0 Å². The van der Waals surface area contributed by atoms with Crippen LogP contribution in [0.3, 0.4) is 0 Å². The quantitative estimate of drug-likeness (QED) is 0.505. The molecule has 1 aliphatic rings. The molecule has 52 valence electrons. The molecule has 1 rings (SSSR count). The molecule has 1 fully saturated rings. The zero-order chi connectivity index (χ0) is 6.85. The second-order valence-corrected chi connectivity index (χ2v) is 2.34. The van der Waals surface area contributed by atoms with Gasteiger partial charge in [0, 0.05) is 12.5 Å². The Bertz CT molecular complexity index is 121. The Hall–Kier alpha value is -0.570. The highest BCUT2D eigenvalue weighted by atomic mass is 16.5. The van der Waals surface area contributed by atoms with Gasteiger partial charge in [-0.2, -0.15) is 0 Å². The minimum Gasteiger partial charge on any atom is -0.462 e. The second kappa shape index (κ2) is 2.35. The number of hydrogen-bond acceptors (Lipinski definition) is 3. The van der Waals surface area contributed by atoms with Crippen molar-refractivity contribution < 1.29 is 14.6 Å². The summed E-state index contributed by atoms with van der Waals surface area (Å²) in [6, 6.07) is 0. The molecule has 3 nitrogen and oxygen atoms in total. The molecule has 0 unspecified atom stereocenters. The smallest absolute Gasteiger partial charge is 0.306 e. The second-order valence-electron chi connectivity index (χ2n) is 2.34. The highest BCUT2D eigenvalue weighted by Gasteiger charge is 2.30. The van der Waals surface area contributed by atoms with E-state index in [0.717, 1.165) is 0 Å². The highest BCUT2D eigenvalue weighted by Crippen LogP contribution is 2.20. The summed E-state index contributed by atoms with van der Waals surface area (Å²) in [5.74, 6) is -0.168. The summed E-state index contributed by atoms with van der Waals surface area (Å²) < 4.78 is 4.77. The van der Waals surface area contributed by atoms with Crippen molar-refractivity contribution in [3.8, 4) is 0 Å². The molecule has 0 bridgehead atoms. The summed E-state index contributed by atoms with van der Waals surface area (Å²) in [4.78, 5) is 10.5. The third-order valence-corrected chi connectivity index (χ3v) is 1.64. The van der Waals surface area contributed by atoms with Gasteiger partial charge in [-0.1, -0.05) is 0 Å². The van der Waals surface area contributed by atoms with E-state index >= 15 is 0 Å². The average molecular weight is 130 g/mol. The molecule has 0 amide bonds. The first-order valence-electron chi connectivity index (χ1n) is 3.04. The van der Waals surface area contributed by atoms with Gasteiger partial charge in [0.2, 0.25) is 0 Å². The van der Waals surface area contributed by atoms with E-state index in [1.54, 1.807) is 6.92 Å². The summed E-state index contributed by atoms with van der Waals surface area (Å²) in [6.45, 7) is 1.85. The van der Waals surface area contributed by atoms with Crippen LogP contribution < -0.4 is 0 Å². The topological polar surface area (TPSA) is 46.5 Å². The summed E-state index contributed by atoms with van der Waals surface area (Å²) in [5, 5.41) is 8.62. The van der Waals surface area contributed by atoms with E-state index < -0.39 is 0 Å². The van der Waals surface area contributed by atoms with Crippen LogP contribution in [0.5, 0.6) is 0 Å². The minimum atomic E-state index is -0.193. The van der Waals surface area contributed by atoms with Crippen molar-refractivity contribution in [1.29, 1.82) is 0 Å². The number of carbonyl (C=O) groups is 1. The molecule has 0 aromatic carbocycles. The summed E-state index contributed by atoms with van der Waals surface area (Å²) in [5.41, 5.74) is 0. The highest BCUT2D eigenvalue weighted by molar-refractivity contribution is 5.72. The summed E-state index contributed by atoms with van der Waals surface area (Å²) in [6.07, 6.45) is 0.278. The Labute approximate surface area is 53.6 Å². The fourth-order valence-electron chi connectivity index (χ4n) is 0.945. The number of esters is 1. The Morgan fingerprint density at radius 1 is 1.89 bits per heavy atom. The van der Waals surface area contributed by atoms with E-state index in [-0.39, 0.29) is 24.6 Å². The lowest BCUT2D eigenvalue weighted by Gasteiger charge is -2.07. The maximum atomic E-state index is 10.5. The Morgan fingerprint density at radius 3 is 2.78 bits per heavy atom. The molecule has 0 aromatic rings. The van der Waals surface area contributed by atoms with Crippen LogP contribution in [-0.4, -0.2) is 23.8 Å². The number of ether oxygens (including phenoxy) is 1. The maximum absolute atomic E-state index is 10.5. The molecule has 9 heavy (non-hydrogen) atoms. The van der Waals surface area contributed by atoms with Crippen molar-refractivity contribution >= 4 is 5.97 Å². The van der Waals surface area contributed by atoms with E-state index in [9.17, 15) is 4.79 Å². The Morgan fingerprint density at radius 2 is 2.56 bits per heavy atom. The van der Waals surface area contributed by atoms with Gasteiger partial charge in [0.1, 0.15) is 6.10 Å². The molecule has 1 aliphatic heterocycles. The lowest BCUT2D eigenvalue weighted by Crippen LogP contribution is -2.14. The van der Waals surface area contributed by atoms with Gasteiger partial charge in [0.15, 0.2) is 0 Å². The Kier molecular flexibility index (Phi) is 1.71. The maximum Gasteiger partial charge on any atom is 0.306 e. The molecule has 0 aliphatic carbocycles. The average Bonchev–Trinajstić information content (AvgIpc) is 2.10. The predicted molar refractivity (Wildman–Crippen MR) is 30.7 cm³/mol. The van der Waals surface area contributed by atoms with Crippen molar-refractivity contribution in [3.63, 3.8) is 0 Å². The van der Waals surface area contributed by atoms with Gasteiger partial charge < -0.3 is 9.84 Å². The fraction of sp³-hybridized carbons (Fsp3) is 0.833. The van der Waals surface area contributed by atoms with E-state index in [1.807, 2.05) is 0 Å². The molecule has 3 heteroatoms. The molecular weight excluding hydrogens is 120 g/mol. The predicted octanol–water partition coefficient (Wildman–Crippen LogP) is -0.0697. The van der Waals surface area contributed by atoms with E-state index in [0.29, 0.717) is 6.42 Å². The molecule has 2 atom stereocenters. The third kappa shape index (κ3) is 1.21. The van der Waals surface area contributed by atoms with Crippen LogP contribution in [0, 0.1) is 5.92 Å². The van der Waals surface area contributed by atoms with Gasteiger partial charge >= 0.3 is 5.97 Å². The minimum absolute atomic E-state index is 0.0255. The number of hydrogen-bond donors (Lipinski definition) is 1. The molecule has 0 saturated carbocycles. The van der Waals surface area contributed by atoms with Crippen molar-refractivity contribution in [2.75, 3.05) is 6.61 Å². The fourth-order valence-corrected chi connectivity index (χ4v) is 0.945.